The number of nitrogens with zero attached hydrogens (tertiary/aromatic N) is 2. The summed E-state index contributed by atoms with van der Waals surface area (Å²) in [4.78, 5) is 29.5. The SMILES string of the molecule is Cc1ccccc1CN(C(=O)CN(c1ccc(C(C)C)cc1)S(C)(=O)=O)[C@@H](Cc1ccccc1)C(=O)NC(C)(C)C. The van der Waals surface area contributed by atoms with E-state index in [1.807, 2.05) is 94.4 Å². The van der Waals surface area contributed by atoms with Crippen molar-refractivity contribution in [2.45, 2.75) is 72.0 Å². The highest BCUT2D eigenvalue weighted by Crippen LogP contribution is 2.24. The van der Waals surface area contributed by atoms with Gasteiger partial charge in [-0.3, -0.25) is 13.9 Å². The summed E-state index contributed by atoms with van der Waals surface area (Å²) in [5.41, 5.74) is 3.70. The average Bonchev–Trinajstić information content (AvgIpc) is 2.89. The van der Waals surface area contributed by atoms with Crippen molar-refractivity contribution in [3.63, 3.8) is 0 Å². The summed E-state index contributed by atoms with van der Waals surface area (Å²) < 4.78 is 27.1. The molecule has 0 saturated carbocycles. The molecular formula is C33H43N3O4S. The van der Waals surface area contributed by atoms with Gasteiger partial charge in [0.2, 0.25) is 21.8 Å². The van der Waals surface area contributed by atoms with Gasteiger partial charge in [0, 0.05) is 18.5 Å². The Labute approximate surface area is 245 Å². The Morgan fingerprint density at radius 3 is 2.00 bits per heavy atom. The van der Waals surface area contributed by atoms with E-state index >= 15 is 0 Å². The van der Waals surface area contributed by atoms with Gasteiger partial charge in [0.15, 0.2) is 0 Å². The molecule has 0 aliphatic carbocycles. The molecule has 7 nitrogen and oxygen atoms in total. The van der Waals surface area contributed by atoms with E-state index < -0.39 is 34.1 Å². The van der Waals surface area contributed by atoms with Crippen LogP contribution in [0.25, 0.3) is 0 Å². The van der Waals surface area contributed by atoms with Gasteiger partial charge >= 0.3 is 0 Å². The Hall–Kier alpha value is -3.65. The van der Waals surface area contributed by atoms with Gasteiger partial charge in [0.05, 0.1) is 11.9 Å². The van der Waals surface area contributed by atoms with Crippen molar-refractivity contribution in [3.05, 3.63) is 101 Å². The third kappa shape index (κ3) is 9.18. The fourth-order valence-electron chi connectivity index (χ4n) is 4.62. The van der Waals surface area contributed by atoms with Crippen molar-refractivity contribution in [2.24, 2.45) is 0 Å². The van der Waals surface area contributed by atoms with Crippen LogP contribution >= 0.6 is 0 Å². The van der Waals surface area contributed by atoms with E-state index in [0.29, 0.717) is 5.69 Å². The monoisotopic (exact) mass is 577 g/mol. The third-order valence-corrected chi connectivity index (χ3v) is 8.04. The summed E-state index contributed by atoms with van der Waals surface area (Å²) >= 11 is 0. The fraction of sp³-hybridized carbons (Fsp3) is 0.394. The maximum atomic E-state index is 14.2. The van der Waals surface area contributed by atoms with Crippen molar-refractivity contribution in [2.75, 3.05) is 17.1 Å². The van der Waals surface area contributed by atoms with Crippen LogP contribution in [-0.4, -0.2) is 49.5 Å². The van der Waals surface area contributed by atoms with Gasteiger partial charge in [-0.25, -0.2) is 8.42 Å². The van der Waals surface area contributed by atoms with E-state index in [2.05, 4.69) is 19.2 Å². The highest BCUT2D eigenvalue weighted by atomic mass is 32.2. The number of benzene rings is 3. The number of amides is 2. The first kappa shape index (κ1) is 31.9. The lowest BCUT2D eigenvalue weighted by atomic mass is 10.00. The lowest BCUT2D eigenvalue weighted by Gasteiger charge is -2.35. The molecule has 2 amide bonds. The first-order chi connectivity index (χ1) is 19.2. The Morgan fingerprint density at radius 2 is 1.46 bits per heavy atom. The molecule has 0 unspecified atom stereocenters. The zero-order valence-corrected chi connectivity index (χ0v) is 26.0. The minimum atomic E-state index is -3.81. The third-order valence-electron chi connectivity index (χ3n) is 6.90. The zero-order chi connectivity index (χ0) is 30.4. The number of nitrogens with one attached hydrogen (secondary N) is 1. The maximum absolute atomic E-state index is 14.2. The van der Waals surface area contributed by atoms with Crippen LogP contribution in [0.2, 0.25) is 0 Å². The number of carbonyl (C=O) groups is 2. The van der Waals surface area contributed by atoms with Crippen LogP contribution in [-0.2, 0) is 32.6 Å². The predicted octanol–water partition coefficient (Wildman–Crippen LogP) is 5.44. The van der Waals surface area contributed by atoms with Gasteiger partial charge in [-0.2, -0.15) is 0 Å². The molecule has 0 heterocycles. The zero-order valence-electron chi connectivity index (χ0n) is 25.2. The first-order valence-electron chi connectivity index (χ1n) is 13.9. The first-order valence-corrected chi connectivity index (χ1v) is 15.8. The van der Waals surface area contributed by atoms with Gasteiger partial charge < -0.3 is 10.2 Å². The lowest BCUT2D eigenvalue weighted by Crippen LogP contribution is -2.56. The van der Waals surface area contributed by atoms with Crippen molar-refractivity contribution >= 4 is 27.5 Å². The van der Waals surface area contributed by atoms with Gasteiger partial charge in [-0.1, -0.05) is 80.6 Å². The molecule has 0 fully saturated rings. The molecule has 220 valence electrons. The van der Waals surface area contributed by atoms with Crippen molar-refractivity contribution in [1.82, 2.24) is 10.2 Å². The minimum Gasteiger partial charge on any atom is -0.350 e. The molecule has 3 rings (SSSR count). The topological polar surface area (TPSA) is 86.8 Å². The smallest absolute Gasteiger partial charge is 0.244 e. The van der Waals surface area contributed by atoms with Gasteiger partial charge in [0.1, 0.15) is 12.6 Å². The number of sulfonamides is 1. The van der Waals surface area contributed by atoms with E-state index in [-0.39, 0.29) is 24.8 Å². The molecular weight excluding hydrogens is 534 g/mol. The van der Waals surface area contributed by atoms with Crippen LogP contribution in [0.1, 0.15) is 62.8 Å². The summed E-state index contributed by atoms with van der Waals surface area (Å²) in [5, 5.41) is 3.04. The maximum Gasteiger partial charge on any atom is 0.244 e. The van der Waals surface area contributed by atoms with Crippen molar-refractivity contribution in [1.29, 1.82) is 0 Å². The van der Waals surface area contributed by atoms with Crippen LogP contribution in [0.5, 0.6) is 0 Å². The molecule has 3 aromatic carbocycles. The molecule has 3 aromatic rings. The van der Waals surface area contributed by atoms with Gasteiger partial charge in [-0.05, 0) is 68.0 Å². The molecule has 0 aliphatic heterocycles. The number of hydrogen-bond donors (Lipinski definition) is 1. The van der Waals surface area contributed by atoms with Crippen molar-refractivity contribution in [3.8, 4) is 0 Å². The predicted molar refractivity (Wildman–Crippen MR) is 166 cm³/mol. The number of aryl methyl sites for hydroxylation is 1. The quantitative estimate of drug-likeness (QED) is 0.329. The number of carbonyl (C=O) groups excluding carboxylic acids is 2. The second-order valence-corrected chi connectivity index (χ2v) is 13.8. The fourth-order valence-corrected chi connectivity index (χ4v) is 5.47. The standard InChI is InChI=1S/C33H43N3O4S/c1-24(2)27-17-19-29(20-18-27)36(41(7,39)40)23-31(37)35(22-28-16-12-11-13-25(28)3)30(32(38)34-33(4,5)6)21-26-14-9-8-10-15-26/h8-20,24,30H,21-23H2,1-7H3,(H,34,38)/t30-/m0/s1. The van der Waals surface area contributed by atoms with Crippen LogP contribution in [0, 0.1) is 6.92 Å². The second-order valence-electron chi connectivity index (χ2n) is 11.9. The lowest BCUT2D eigenvalue weighted by molar-refractivity contribution is -0.140. The molecule has 0 radical (unpaired) electrons. The number of hydrogen-bond acceptors (Lipinski definition) is 4. The molecule has 0 bridgehead atoms. The van der Waals surface area contributed by atoms with E-state index in [1.54, 1.807) is 12.1 Å². The molecule has 0 aliphatic rings. The summed E-state index contributed by atoms with van der Waals surface area (Å²) in [7, 11) is -3.81. The largest absolute Gasteiger partial charge is 0.350 e. The van der Waals surface area contributed by atoms with E-state index in [4.69, 9.17) is 0 Å². The molecule has 0 saturated heterocycles. The van der Waals surface area contributed by atoms with E-state index in [9.17, 15) is 18.0 Å². The Morgan fingerprint density at radius 1 is 0.878 bits per heavy atom. The van der Waals surface area contributed by atoms with Gasteiger partial charge in [0.25, 0.3) is 0 Å². The van der Waals surface area contributed by atoms with Crippen LogP contribution < -0.4 is 9.62 Å². The molecule has 0 aromatic heterocycles. The van der Waals surface area contributed by atoms with E-state index in [0.717, 1.165) is 32.8 Å². The minimum absolute atomic E-state index is 0.157. The van der Waals surface area contributed by atoms with Crippen LogP contribution in [0.15, 0.2) is 78.9 Å². The van der Waals surface area contributed by atoms with Crippen LogP contribution in [0.4, 0.5) is 5.69 Å². The molecule has 1 N–H and O–H groups in total. The second kappa shape index (κ2) is 13.3. The number of rotatable bonds is 11. The molecule has 0 spiro atoms. The van der Waals surface area contributed by atoms with Crippen LogP contribution in [0.3, 0.4) is 0 Å². The highest BCUT2D eigenvalue weighted by Gasteiger charge is 2.34. The normalized spacial score (nSPS) is 12.6. The summed E-state index contributed by atoms with van der Waals surface area (Å²) in [5.74, 6) is -0.478. The highest BCUT2D eigenvalue weighted by molar-refractivity contribution is 7.92. The molecule has 41 heavy (non-hydrogen) atoms. The average molecular weight is 578 g/mol. The molecule has 1 atom stereocenters. The molecule has 8 heteroatoms. The Kier molecular flexibility index (Phi) is 10.4. The summed E-state index contributed by atoms with van der Waals surface area (Å²) in [6.07, 6.45) is 1.37. The summed E-state index contributed by atoms with van der Waals surface area (Å²) in [6, 6.07) is 23.6. The summed E-state index contributed by atoms with van der Waals surface area (Å²) in [6.45, 7) is 11.5. The Bertz CT molecular complexity index is 1430. The van der Waals surface area contributed by atoms with Gasteiger partial charge in [-0.15, -0.1) is 0 Å². The van der Waals surface area contributed by atoms with Crippen molar-refractivity contribution < 1.29 is 18.0 Å². The Balaban J connectivity index is 2.07. The number of anilines is 1. The van der Waals surface area contributed by atoms with E-state index in [1.165, 1.54) is 4.90 Å².